The molecule has 0 fully saturated rings. The van der Waals surface area contributed by atoms with E-state index in [1.54, 1.807) is 12.0 Å². The number of carbonyl (C=O) groups is 1. The molecule has 2 aromatic heterocycles. The molecule has 1 aliphatic rings. The highest BCUT2D eigenvalue weighted by Gasteiger charge is 2.33. The lowest BCUT2D eigenvalue weighted by Gasteiger charge is -2.33. The van der Waals surface area contributed by atoms with Crippen molar-refractivity contribution in [3.63, 3.8) is 0 Å². The van der Waals surface area contributed by atoms with E-state index in [0.29, 0.717) is 34.5 Å². The van der Waals surface area contributed by atoms with Crippen LogP contribution in [0, 0.1) is 0 Å². The first kappa shape index (κ1) is 18.8. The third-order valence-electron chi connectivity index (χ3n) is 5.09. The van der Waals surface area contributed by atoms with Crippen LogP contribution in [0.3, 0.4) is 0 Å². The van der Waals surface area contributed by atoms with Gasteiger partial charge in [0.1, 0.15) is 10.8 Å². The number of hydrogen-bond donors (Lipinski definition) is 1. The van der Waals surface area contributed by atoms with E-state index < -0.39 is 0 Å². The number of fused-ring (bicyclic) bond motifs is 3. The Morgan fingerprint density at radius 3 is 2.57 bits per heavy atom. The maximum Gasteiger partial charge on any atom is 0.292 e. The molecule has 1 N–H and O–H groups in total. The van der Waals surface area contributed by atoms with Gasteiger partial charge in [0.2, 0.25) is 5.82 Å². The molecule has 1 aromatic carbocycles. The zero-order chi connectivity index (χ0) is 20.0. The summed E-state index contributed by atoms with van der Waals surface area (Å²) in [6.45, 7) is 2.51. The Balaban J connectivity index is 1.75. The van der Waals surface area contributed by atoms with Gasteiger partial charge in [0.15, 0.2) is 5.75 Å². The fourth-order valence-electron chi connectivity index (χ4n) is 3.66. The van der Waals surface area contributed by atoms with Crippen LogP contribution in [-0.4, -0.2) is 46.5 Å². The summed E-state index contributed by atoms with van der Waals surface area (Å²) in [6.07, 6.45) is 3.63. The first-order valence-corrected chi connectivity index (χ1v) is 9.45. The van der Waals surface area contributed by atoms with Crippen molar-refractivity contribution in [3.05, 3.63) is 45.6 Å². The number of rotatable bonds is 3. The van der Waals surface area contributed by atoms with Crippen LogP contribution < -0.4 is 9.47 Å². The minimum Gasteiger partial charge on any atom is -0.495 e. The number of amides is 1. The summed E-state index contributed by atoms with van der Waals surface area (Å²) < 4.78 is 10.4. The Bertz CT molecular complexity index is 1070. The summed E-state index contributed by atoms with van der Waals surface area (Å²) in [5, 5.41) is 1.67. The number of methoxy groups -OCH3 is 2. The second kappa shape index (κ2) is 7.14. The summed E-state index contributed by atoms with van der Waals surface area (Å²) in [4.78, 5) is 26.4. The Morgan fingerprint density at radius 2 is 1.93 bits per heavy atom. The summed E-state index contributed by atoms with van der Waals surface area (Å²) >= 11 is 12.7. The van der Waals surface area contributed by atoms with Crippen LogP contribution in [0.5, 0.6) is 11.5 Å². The smallest absolute Gasteiger partial charge is 0.292 e. The molecule has 1 amide bonds. The predicted octanol–water partition coefficient (Wildman–Crippen LogP) is 4.04. The lowest BCUT2D eigenvalue weighted by molar-refractivity contribution is 0.0665. The quantitative estimate of drug-likeness (QED) is 0.691. The molecule has 0 aliphatic carbocycles. The molecule has 3 heterocycles. The highest BCUT2D eigenvalue weighted by atomic mass is 35.5. The van der Waals surface area contributed by atoms with Crippen molar-refractivity contribution in [2.24, 2.45) is 0 Å². The molecule has 28 heavy (non-hydrogen) atoms. The highest BCUT2D eigenvalue weighted by molar-refractivity contribution is 6.46. The molecule has 1 atom stereocenters. The van der Waals surface area contributed by atoms with Gasteiger partial charge >= 0.3 is 0 Å². The summed E-state index contributed by atoms with van der Waals surface area (Å²) in [7, 11) is 3.07. The molecule has 0 spiro atoms. The fraction of sp³-hybridized carbons (Fsp3) is 0.316. The van der Waals surface area contributed by atoms with Crippen LogP contribution in [-0.2, 0) is 6.42 Å². The monoisotopic (exact) mass is 420 g/mol. The van der Waals surface area contributed by atoms with Crippen LogP contribution in [0.1, 0.15) is 34.8 Å². The molecule has 1 aliphatic heterocycles. The number of halogens is 2. The fourth-order valence-corrected chi connectivity index (χ4v) is 4.13. The van der Waals surface area contributed by atoms with Crippen LogP contribution >= 0.6 is 23.2 Å². The summed E-state index contributed by atoms with van der Waals surface area (Å²) in [5.41, 5.74) is 2.78. The van der Waals surface area contributed by atoms with Gasteiger partial charge in [0.05, 0.1) is 43.2 Å². The molecule has 0 radical (unpaired) electrons. The maximum atomic E-state index is 13.0. The first-order chi connectivity index (χ1) is 13.5. The number of carbonyl (C=O) groups excluding carboxylic acids is 1. The number of aromatic amines is 1. The van der Waals surface area contributed by atoms with Gasteiger partial charge in [-0.3, -0.25) is 4.79 Å². The van der Waals surface area contributed by atoms with E-state index in [9.17, 15) is 4.79 Å². The van der Waals surface area contributed by atoms with Crippen LogP contribution in [0.2, 0.25) is 10.0 Å². The largest absolute Gasteiger partial charge is 0.495 e. The Kier molecular flexibility index (Phi) is 4.81. The number of benzene rings is 1. The van der Waals surface area contributed by atoms with Crippen molar-refractivity contribution < 1.29 is 14.3 Å². The average Bonchev–Trinajstić information content (AvgIpc) is 3.10. The van der Waals surface area contributed by atoms with Gasteiger partial charge in [-0.1, -0.05) is 23.2 Å². The maximum absolute atomic E-state index is 13.0. The van der Waals surface area contributed by atoms with Crippen LogP contribution in [0.15, 0.2) is 18.5 Å². The molecule has 7 nitrogen and oxygen atoms in total. The highest BCUT2D eigenvalue weighted by Crippen LogP contribution is 2.44. The zero-order valence-corrected chi connectivity index (χ0v) is 17.1. The Morgan fingerprint density at radius 1 is 1.21 bits per heavy atom. The van der Waals surface area contributed by atoms with E-state index >= 15 is 0 Å². The number of H-pyrrole nitrogens is 1. The molecule has 9 heteroatoms. The third-order valence-corrected chi connectivity index (χ3v) is 5.94. The van der Waals surface area contributed by atoms with Gasteiger partial charge in [-0.15, -0.1) is 0 Å². The van der Waals surface area contributed by atoms with E-state index in [1.165, 1.54) is 19.5 Å². The topological polar surface area (TPSA) is 80.3 Å². The molecule has 146 valence electrons. The second-order valence-electron chi connectivity index (χ2n) is 6.52. The molecular formula is C19H18Cl2N4O3. The second-order valence-corrected chi connectivity index (χ2v) is 7.27. The van der Waals surface area contributed by atoms with Gasteiger partial charge in [0, 0.05) is 29.6 Å². The minimum atomic E-state index is -0.234. The van der Waals surface area contributed by atoms with Gasteiger partial charge in [0.25, 0.3) is 5.91 Å². The molecule has 0 bridgehead atoms. The number of aromatic nitrogens is 3. The van der Waals surface area contributed by atoms with Crippen LogP contribution in [0.25, 0.3) is 10.9 Å². The van der Waals surface area contributed by atoms with E-state index in [2.05, 4.69) is 15.0 Å². The Labute approximate surface area is 171 Å². The van der Waals surface area contributed by atoms with E-state index in [1.807, 2.05) is 13.0 Å². The van der Waals surface area contributed by atoms with Crippen molar-refractivity contribution in [1.29, 1.82) is 0 Å². The van der Waals surface area contributed by atoms with E-state index in [4.69, 9.17) is 32.7 Å². The average molecular weight is 421 g/mol. The molecule has 0 saturated carbocycles. The molecule has 1 unspecified atom stereocenters. The van der Waals surface area contributed by atoms with Crippen molar-refractivity contribution in [3.8, 4) is 11.5 Å². The number of nitrogens with one attached hydrogen (secondary N) is 1. The van der Waals surface area contributed by atoms with Gasteiger partial charge in [-0.05, 0) is 13.0 Å². The van der Waals surface area contributed by atoms with E-state index in [-0.39, 0.29) is 17.8 Å². The lowest BCUT2D eigenvalue weighted by Crippen LogP contribution is -2.39. The molecule has 4 rings (SSSR count). The van der Waals surface area contributed by atoms with Gasteiger partial charge in [-0.25, -0.2) is 9.97 Å². The van der Waals surface area contributed by atoms with E-state index in [0.717, 1.165) is 22.2 Å². The van der Waals surface area contributed by atoms with Gasteiger partial charge < -0.3 is 19.4 Å². The predicted molar refractivity (Wildman–Crippen MR) is 107 cm³/mol. The molecule has 0 saturated heterocycles. The van der Waals surface area contributed by atoms with Crippen molar-refractivity contribution in [2.45, 2.75) is 19.4 Å². The Hall–Kier alpha value is -2.51. The normalized spacial score (nSPS) is 16.2. The van der Waals surface area contributed by atoms with Gasteiger partial charge in [-0.2, -0.15) is 0 Å². The third kappa shape index (κ3) is 2.86. The number of hydrogen-bond acceptors (Lipinski definition) is 5. The molecule has 3 aromatic rings. The lowest BCUT2D eigenvalue weighted by atomic mass is 9.96. The van der Waals surface area contributed by atoms with Crippen molar-refractivity contribution in [1.82, 2.24) is 19.9 Å². The first-order valence-electron chi connectivity index (χ1n) is 8.69. The SMILES string of the molecule is COc1cnc(C(=O)N2CCc3[nH]c4c(Cl)c(Cl)c(OC)cc4c3C2C)nc1. The van der Waals surface area contributed by atoms with Crippen LogP contribution in [0.4, 0.5) is 0 Å². The summed E-state index contributed by atoms with van der Waals surface area (Å²) in [6, 6.07) is 1.66. The number of ether oxygens (including phenoxy) is 2. The zero-order valence-electron chi connectivity index (χ0n) is 15.5. The minimum absolute atomic E-state index is 0.134. The number of nitrogens with zero attached hydrogens (tertiary/aromatic N) is 3. The molecular weight excluding hydrogens is 403 g/mol. The van der Waals surface area contributed by atoms with Crippen molar-refractivity contribution >= 4 is 40.0 Å². The standard InChI is InChI=1S/C19H18Cl2N4O3/c1-9-14-11-6-13(28-3)15(20)16(21)17(11)24-12(14)4-5-25(9)19(26)18-22-7-10(27-2)8-23-18/h6-9,24H,4-5H2,1-3H3. The summed E-state index contributed by atoms with van der Waals surface area (Å²) in [5.74, 6) is 0.896. The van der Waals surface area contributed by atoms with Crippen molar-refractivity contribution in [2.75, 3.05) is 20.8 Å².